The Labute approximate surface area is 712 Å². The summed E-state index contributed by atoms with van der Waals surface area (Å²) < 4.78 is 16.4. The fourth-order valence-corrected chi connectivity index (χ4v) is 13.2. The highest BCUT2D eigenvalue weighted by Gasteiger charge is 2.16. The second kappa shape index (κ2) is 49.1. The predicted molar refractivity (Wildman–Crippen MR) is 513 cm³/mol. The number of anilines is 2. The van der Waals surface area contributed by atoms with Crippen LogP contribution in [0.1, 0.15) is 83.1 Å². The van der Waals surface area contributed by atoms with Gasteiger partial charge >= 0.3 is 0 Å². The molecule has 0 saturated heterocycles. The maximum Gasteiger partial charge on any atom is 0.233 e. The second-order valence-electron chi connectivity index (χ2n) is 25.1. The SMILES string of the molecule is CC.CC.CC.CC.CC.CC.CN(c1ccccc1)c1ccccc1.Cn1c2ccccc2c2ccccc21.c1cc(-n2c3ccccc3c3ccccc32)cc(-n2c3ccccc3c3ccccc32)c1.c1ccc(-n2ccnn2)cc1.c1ccc(-n2cncn2)cc1.c1ccn2cccc2c1.c1ccn2ccnc2c1.c1cnc2nccn2c1. The van der Waals surface area contributed by atoms with Crippen LogP contribution in [0.25, 0.3) is 105 Å². The molecule has 0 aliphatic carbocycles. The van der Waals surface area contributed by atoms with Gasteiger partial charge < -0.3 is 27.4 Å². The zero-order valence-corrected chi connectivity index (χ0v) is 72.1. The Bertz CT molecular complexity index is 5890. The van der Waals surface area contributed by atoms with Crippen molar-refractivity contribution in [2.45, 2.75) is 83.1 Å². The Morgan fingerprint density at radius 1 is 0.273 bits per heavy atom. The Morgan fingerprint density at radius 3 is 1.07 bits per heavy atom. The minimum atomic E-state index is 0.748. The predicted octanol–water partition coefficient (Wildman–Crippen LogP) is 27.4. The Kier molecular flexibility index (Phi) is 36.5. The molecule has 16 nitrogen and oxygen atoms in total. The topological polar surface area (TPSA) is 131 Å². The van der Waals surface area contributed by atoms with Gasteiger partial charge in [0.2, 0.25) is 5.78 Å². The molecule has 0 aliphatic heterocycles. The van der Waals surface area contributed by atoms with Gasteiger partial charge in [0.1, 0.15) is 18.3 Å². The molecule has 0 atom stereocenters. The number of hydrogen-bond donors (Lipinski definition) is 0. The van der Waals surface area contributed by atoms with Gasteiger partial charge in [-0.2, -0.15) is 5.10 Å². The van der Waals surface area contributed by atoms with E-state index in [0.29, 0.717) is 0 Å². The number of para-hydroxylation sites is 10. The summed E-state index contributed by atoms with van der Waals surface area (Å²) in [6.07, 6.45) is 23.7. The van der Waals surface area contributed by atoms with E-state index < -0.39 is 0 Å². The van der Waals surface area contributed by atoms with Crippen LogP contribution >= 0.6 is 0 Å². The van der Waals surface area contributed by atoms with Gasteiger partial charge in [0.15, 0.2) is 0 Å². The zero-order chi connectivity index (χ0) is 85.8. The van der Waals surface area contributed by atoms with E-state index >= 15 is 0 Å². The van der Waals surface area contributed by atoms with E-state index in [0.717, 1.165) is 22.8 Å². The average molecular weight is 1600 g/mol. The van der Waals surface area contributed by atoms with Crippen molar-refractivity contribution >= 4 is 93.7 Å². The first kappa shape index (κ1) is 89.9. The van der Waals surface area contributed by atoms with E-state index in [4.69, 9.17) is 0 Å². The second-order valence-corrected chi connectivity index (χ2v) is 25.1. The molecule has 11 aromatic carbocycles. The van der Waals surface area contributed by atoms with Crippen LogP contribution in [0.4, 0.5) is 11.4 Å². The van der Waals surface area contributed by atoms with Crippen molar-refractivity contribution in [2.75, 3.05) is 11.9 Å². The average Bonchev–Trinajstić information content (AvgIpc) is 1.59. The third-order valence-electron chi connectivity index (χ3n) is 18.4. The summed E-state index contributed by atoms with van der Waals surface area (Å²) in [6, 6.07) is 119. The molecule has 11 heterocycles. The van der Waals surface area contributed by atoms with Crippen LogP contribution in [0.15, 0.2) is 427 Å². The van der Waals surface area contributed by atoms with E-state index in [2.05, 4.69) is 303 Å². The Morgan fingerprint density at radius 2 is 0.636 bits per heavy atom. The molecule has 121 heavy (non-hydrogen) atoms. The third kappa shape index (κ3) is 23.4. The summed E-state index contributed by atoms with van der Waals surface area (Å²) in [5.74, 6) is 0.748. The molecular weight excluding hydrogens is 1490 g/mol. The lowest BCUT2D eigenvalue weighted by Gasteiger charge is -2.18. The molecule has 16 heteroatoms. The van der Waals surface area contributed by atoms with Gasteiger partial charge in [-0.15, -0.1) is 5.10 Å². The Balaban J connectivity index is 0.000000162. The Hall–Kier alpha value is -15.0. The summed E-state index contributed by atoms with van der Waals surface area (Å²) in [6.45, 7) is 24.0. The number of fused-ring (bicyclic) bond motifs is 12. The van der Waals surface area contributed by atoms with E-state index in [1.54, 1.807) is 40.5 Å². The van der Waals surface area contributed by atoms with Crippen molar-refractivity contribution in [1.82, 2.24) is 71.6 Å². The number of pyridine rings is 2. The summed E-state index contributed by atoms with van der Waals surface area (Å²) in [4.78, 5) is 18.1. The van der Waals surface area contributed by atoms with E-state index in [-0.39, 0.29) is 0 Å². The number of rotatable bonds is 6. The summed E-state index contributed by atoms with van der Waals surface area (Å²) >= 11 is 0. The highest BCUT2D eigenvalue weighted by atomic mass is 15.4. The van der Waals surface area contributed by atoms with Gasteiger partial charge in [-0.1, -0.05) is 288 Å². The number of hydrogen-bond acceptors (Lipinski definition) is 8. The van der Waals surface area contributed by atoms with Crippen LogP contribution in [-0.4, -0.2) is 78.7 Å². The minimum Gasteiger partial charge on any atom is -0.345 e. The van der Waals surface area contributed by atoms with Crippen LogP contribution in [0.5, 0.6) is 0 Å². The monoisotopic (exact) mass is 1600 g/mol. The molecule has 0 fully saturated rings. The normalized spacial score (nSPS) is 9.90. The quantitative estimate of drug-likeness (QED) is 0.161. The largest absolute Gasteiger partial charge is 0.345 e. The van der Waals surface area contributed by atoms with Gasteiger partial charge in [-0.3, -0.25) is 4.40 Å². The fraction of sp³-hybridized carbons (Fsp3) is 0.133. The smallest absolute Gasteiger partial charge is 0.233 e. The van der Waals surface area contributed by atoms with Crippen molar-refractivity contribution < 1.29 is 0 Å². The zero-order valence-electron chi connectivity index (χ0n) is 72.1. The first-order chi connectivity index (χ1) is 60.0. The van der Waals surface area contributed by atoms with Gasteiger partial charge in [0.05, 0.1) is 45.8 Å². The molecule has 0 N–H and O–H groups in total. The van der Waals surface area contributed by atoms with E-state index in [1.165, 1.54) is 100 Å². The van der Waals surface area contributed by atoms with Crippen LogP contribution in [0, 0.1) is 0 Å². The molecule has 0 unspecified atom stereocenters. The molecule has 0 saturated carbocycles. The van der Waals surface area contributed by atoms with E-state index in [9.17, 15) is 0 Å². The summed E-state index contributed by atoms with van der Waals surface area (Å²) in [7, 11) is 4.19. The van der Waals surface area contributed by atoms with Gasteiger partial charge in [-0.05, 0) is 146 Å². The highest BCUT2D eigenvalue weighted by molar-refractivity contribution is 6.11. The molecule has 612 valence electrons. The standard InChI is InChI=1S/C30H20N2.C13H11N.C13H13N.2C8H7N3.C8H7N.C7H6N2.C6H5N3.6C2H6/c1-5-16-27-23(12-1)24-13-2-6-17-28(24)31(27)21-10-9-11-22(20-21)32-29-18-7-3-14-25(29)26-15-4-8-19-30(26)32;1-14-12-8-4-2-6-10(12)11-7-3-5-9-13(11)14;1-14(12-8-4-2-5-9-12)13-10-6-3-7-11-13;1-2-4-8(5-3-1)11-7-9-6-10-11;1-2-4-8(5-3-1)11-7-6-9-10-11;1-2-6-9-7-3-5-8(9)4-1;1-2-5-9-6-4-8-7(9)3-1;1-2-7-6-8-3-5-9(6)4-1;6*1-2/h1-20H;2-9H,1H3;2-11H,1H3;2*1-7H;1-7H;1-6H;1-5H;6*1-2H3. The highest BCUT2D eigenvalue weighted by Crippen LogP contribution is 2.36. The number of aryl methyl sites for hydroxylation is 1. The summed E-state index contributed by atoms with van der Waals surface area (Å²) in [5, 5.41) is 19.4. The lowest BCUT2D eigenvalue weighted by Crippen LogP contribution is -2.08. The maximum absolute atomic E-state index is 4.08. The fourth-order valence-electron chi connectivity index (χ4n) is 13.2. The molecule has 11 aromatic heterocycles. The summed E-state index contributed by atoms with van der Waals surface area (Å²) in [5.41, 5.74) is 16.6. The number of benzene rings is 11. The molecule has 0 amide bonds. The number of imidazole rings is 2. The van der Waals surface area contributed by atoms with Crippen molar-refractivity contribution in [3.8, 4) is 22.7 Å². The molecule has 22 aromatic rings. The maximum atomic E-state index is 4.08. The van der Waals surface area contributed by atoms with Gasteiger partial charge in [-0.25, -0.2) is 29.3 Å². The van der Waals surface area contributed by atoms with Crippen LogP contribution in [0.2, 0.25) is 0 Å². The van der Waals surface area contributed by atoms with Crippen LogP contribution < -0.4 is 4.90 Å². The third-order valence-corrected chi connectivity index (χ3v) is 18.4. The minimum absolute atomic E-state index is 0.748. The van der Waals surface area contributed by atoms with Crippen LogP contribution in [-0.2, 0) is 7.05 Å². The first-order valence-electron chi connectivity index (χ1n) is 41.8. The molecule has 0 radical (unpaired) electrons. The molecule has 22 rings (SSSR count). The number of nitrogens with zero attached hydrogens (tertiary/aromatic N) is 16. The molecule has 0 spiro atoms. The molecular formula is C105H112N16. The molecule has 0 aliphatic rings. The van der Waals surface area contributed by atoms with Gasteiger partial charge in [0.25, 0.3) is 0 Å². The van der Waals surface area contributed by atoms with Crippen molar-refractivity contribution in [3.63, 3.8) is 0 Å². The molecule has 0 bridgehead atoms. The van der Waals surface area contributed by atoms with Crippen molar-refractivity contribution in [3.05, 3.63) is 427 Å². The van der Waals surface area contributed by atoms with E-state index in [1.807, 2.05) is 251 Å². The first-order valence-corrected chi connectivity index (χ1v) is 41.8. The number of aromatic nitrogens is 15. The van der Waals surface area contributed by atoms with Crippen LogP contribution in [0.3, 0.4) is 0 Å². The lowest BCUT2D eigenvalue weighted by molar-refractivity contribution is 0.803. The van der Waals surface area contributed by atoms with Crippen molar-refractivity contribution in [1.29, 1.82) is 0 Å². The van der Waals surface area contributed by atoms with Crippen molar-refractivity contribution in [2.24, 2.45) is 7.05 Å². The van der Waals surface area contributed by atoms with Gasteiger partial charge in [0, 0.05) is 141 Å². The lowest BCUT2D eigenvalue weighted by atomic mass is 10.2.